The van der Waals surface area contributed by atoms with Crippen LogP contribution >= 0.6 is 0 Å². The Balaban J connectivity index is 1.31. The van der Waals surface area contributed by atoms with Crippen LogP contribution < -0.4 is 15.0 Å². The van der Waals surface area contributed by atoms with Crippen molar-refractivity contribution in [3.63, 3.8) is 0 Å². The van der Waals surface area contributed by atoms with Crippen molar-refractivity contribution < 1.29 is 19.4 Å². The highest BCUT2D eigenvalue weighted by atomic mass is 16.5. The van der Waals surface area contributed by atoms with Gasteiger partial charge in [0.1, 0.15) is 5.75 Å². The summed E-state index contributed by atoms with van der Waals surface area (Å²) in [5, 5.41) is 12.5. The van der Waals surface area contributed by atoms with Gasteiger partial charge in [-0.2, -0.15) is 0 Å². The summed E-state index contributed by atoms with van der Waals surface area (Å²) in [7, 11) is 1.68. The highest BCUT2D eigenvalue weighted by Crippen LogP contribution is 2.38. The summed E-state index contributed by atoms with van der Waals surface area (Å²) in [6, 6.07) is 8.75. The van der Waals surface area contributed by atoms with Crippen molar-refractivity contribution in [1.82, 2.24) is 10.2 Å². The van der Waals surface area contributed by atoms with Crippen molar-refractivity contribution in [2.75, 3.05) is 38.2 Å². The first kappa shape index (κ1) is 19.1. The molecule has 1 aromatic carbocycles. The highest BCUT2D eigenvalue weighted by molar-refractivity contribution is 5.88. The summed E-state index contributed by atoms with van der Waals surface area (Å²) in [5.74, 6) is -0.674. The Morgan fingerprint density at radius 3 is 2.36 bits per heavy atom. The van der Waals surface area contributed by atoms with E-state index in [1.54, 1.807) is 7.11 Å². The average molecular weight is 387 g/mol. The van der Waals surface area contributed by atoms with Gasteiger partial charge in [0.15, 0.2) is 0 Å². The molecule has 1 amide bonds. The van der Waals surface area contributed by atoms with E-state index >= 15 is 0 Å². The molecule has 3 aliphatic rings. The minimum absolute atomic E-state index is 0.117. The second-order valence-electron chi connectivity index (χ2n) is 8.25. The van der Waals surface area contributed by atoms with Crippen LogP contribution in [-0.4, -0.2) is 66.8 Å². The Bertz CT molecular complexity index is 720. The molecule has 3 aliphatic heterocycles. The Kier molecular flexibility index (Phi) is 5.19. The van der Waals surface area contributed by atoms with Gasteiger partial charge in [0.2, 0.25) is 5.91 Å². The number of nitrogens with zero attached hydrogens (tertiary/aromatic N) is 2. The number of methoxy groups -OCH3 is 1. The number of nitrogens with one attached hydrogen (secondary N) is 1. The monoisotopic (exact) mass is 387 g/mol. The first-order chi connectivity index (χ1) is 13.5. The maximum atomic E-state index is 11.8. The van der Waals surface area contributed by atoms with Gasteiger partial charge in [0, 0.05) is 44.3 Å². The molecule has 2 N–H and O–H groups in total. The lowest BCUT2D eigenvalue weighted by Crippen LogP contribution is -2.58. The zero-order valence-corrected chi connectivity index (χ0v) is 16.4. The number of likely N-dealkylation sites (tertiary alicyclic amines) is 1. The third-order valence-electron chi connectivity index (χ3n) is 6.85. The quantitative estimate of drug-likeness (QED) is 0.819. The van der Waals surface area contributed by atoms with Crippen LogP contribution in [0.15, 0.2) is 24.3 Å². The summed E-state index contributed by atoms with van der Waals surface area (Å²) in [5.41, 5.74) is 0.693. The Morgan fingerprint density at radius 1 is 1.14 bits per heavy atom. The number of carbonyl (C=O) groups excluding carboxylic acids is 1. The molecule has 0 radical (unpaired) electrons. The first-order valence-electron chi connectivity index (χ1n) is 10.2. The predicted molar refractivity (Wildman–Crippen MR) is 106 cm³/mol. The van der Waals surface area contributed by atoms with Crippen molar-refractivity contribution in [2.45, 2.75) is 43.7 Å². The van der Waals surface area contributed by atoms with Gasteiger partial charge in [-0.3, -0.25) is 9.59 Å². The Labute approximate surface area is 165 Å². The normalized spacial score (nSPS) is 25.7. The molecule has 0 unspecified atom stereocenters. The second kappa shape index (κ2) is 7.62. The third kappa shape index (κ3) is 3.55. The number of hydrogen-bond donors (Lipinski definition) is 2. The van der Waals surface area contributed by atoms with Crippen molar-refractivity contribution >= 4 is 17.6 Å². The smallest absolute Gasteiger partial charge is 0.309 e. The molecule has 0 aliphatic carbocycles. The standard InChI is InChI=1S/C21H29N3O4/c1-28-17-4-2-15(3-5-17)23-10-6-16(7-11-23)24-12-8-21(9-13-24)18(20(26)27)14-19(25)22-21/h2-5,16,18H,6-14H2,1H3,(H,22,25)(H,26,27)/t18-/m0/s1. The van der Waals surface area contributed by atoms with Gasteiger partial charge in [-0.25, -0.2) is 0 Å². The van der Waals surface area contributed by atoms with E-state index in [4.69, 9.17) is 4.74 Å². The number of hydrogen-bond acceptors (Lipinski definition) is 5. The molecule has 7 heteroatoms. The summed E-state index contributed by atoms with van der Waals surface area (Å²) in [4.78, 5) is 28.3. The van der Waals surface area contributed by atoms with Gasteiger partial charge in [-0.05, 0) is 49.9 Å². The number of piperidine rings is 2. The van der Waals surface area contributed by atoms with Gasteiger partial charge in [0.05, 0.1) is 18.6 Å². The molecule has 0 bridgehead atoms. The molecule has 152 valence electrons. The Hall–Kier alpha value is -2.28. The van der Waals surface area contributed by atoms with Crippen LogP contribution in [0.25, 0.3) is 0 Å². The number of benzene rings is 1. The van der Waals surface area contributed by atoms with Crippen LogP contribution in [0, 0.1) is 5.92 Å². The fourth-order valence-corrected chi connectivity index (χ4v) is 5.16. The van der Waals surface area contributed by atoms with Crippen LogP contribution in [0.5, 0.6) is 5.75 Å². The van der Waals surface area contributed by atoms with Crippen LogP contribution in [0.3, 0.4) is 0 Å². The molecule has 0 saturated carbocycles. The minimum Gasteiger partial charge on any atom is -0.497 e. The first-order valence-corrected chi connectivity index (χ1v) is 10.2. The maximum Gasteiger partial charge on any atom is 0.309 e. The van der Waals surface area contributed by atoms with Gasteiger partial charge in [-0.1, -0.05) is 0 Å². The molecule has 7 nitrogen and oxygen atoms in total. The van der Waals surface area contributed by atoms with Crippen LogP contribution in [0.4, 0.5) is 5.69 Å². The fourth-order valence-electron chi connectivity index (χ4n) is 5.16. The zero-order chi connectivity index (χ0) is 19.7. The molecule has 1 aromatic rings. The lowest BCUT2D eigenvalue weighted by atomic mass is 9.77. The van der Waals surface area contributed by atoms with Crippen molar-refractivity contribution in [1.29, 1.82) is 0 Å². The van der Waals surface area contributed by atoms with Crippen molar-refractivity contribution in [2.24, 2.45) is 5.92 Å². The SMILES string of the molecule is COc1ccc(N2CCC(N3CCC4(CC3)NC(=O)C[C@H]4C(=O)O)CC2)cc1. The Morgan fingerprint density at radius 2 is 1.79 bits per heavy atom. The molecule has 0 aromatic heterocycles. The molecule has 28 heavy (non-hydrogen) atoms. The van der Waals surface area contributed by atoms with E-state index in [0.29, 0.717) is 6.04 Å². The lowest BCUT2D eigenvalue weighted by molar-refractivity contribution is -0.144. The number of anilines is 1. The van der Waals surface area contributed by atoms with Crippen molar-refractivity contribution in [3.05, 3.63) is 24.3 Å². The molecular formula is C21H29N3O4. The fraction of sp³-hybridized carbons (Fsp3) is 0.619. The molecule has 3 heterocycles. The zero-order valence-electron chi connectivity index (χ0n) is 16.4. The molecule has 3 fully saturated rings. The summed E-state index contributed by atoms with van der Waals surface area (Å²) < 4.78 is 5.23. The third-order valence-corrected chi connectivity index (χ3v) is 6.85. The van der Waals surface area contributed by atoms with E-state index in [2.05, 4.69) is 27.2 Å². The highest BCUT2D eigenvalue weighted by Gasteiger charge is 2.52. The van der Waals surface area contributed by atoms with E-state index in [-0.39, 0.29) is 12.3 Å². The average Bonchev–Trinajstić information content (AvgIpc) is 3.05. The summed E-state index contributed by atoms with van der Waals surface area (Å²) in [6.07, 6.45) is 3.79. The van der Waals surface area contributed by atoms with Gasteiger partial charge >= 0.3 is 5.97 Å². The summed E-state index contributed by atoms with van der Waals surface area (Å²) >= 11 is 0. The minimum atomic E-state index is -0.848. The number of ether oxygens (including phenoxy) is 1. The van der Waals surface area contributed by atoms with E-state index in [1.165, 1.54) is 5.69 Å². The van der Waals surface area contributed by atoms with Crippen LogP contribution in [0.2, 0.25) is 0 Å². The van der Waals surface area contributed by atoms with E-state index in [9.17, 15) is 14.7 Å². The number of aliphatic carboxylic acids is 1. The molecular weight excluding hydrogens is 358 g/mol. The predicted octanol–water partition coefficient (Wildman–Crippen LogP) is 1.72. The van der Waals surface area contributed by atoms with Gasteiger partial charge in [0.25, 0.3) is 0 Å². The summed E-state index contributed by atoms with van der Waals surface area (Å²) in [6.45, 7) is 3.76. The molecule has 1 spiro atoms. The van der Waals surface area contributed by atoms with Gasteiger partial charge < -0.3 is 25.0 Å². The molecule has 1 atom stereocenters. The van der Waals surface area contributed by atoms with E-state index in [1.807, 2.05) is 12.1 Å². The molecule has 4 rings (SSSR count). The topological polar surface area (TPSA) is 82.1 Å². The number of carbonyl (C=O) groups is 2. The number of carboxylic acid groups (broad SMARTS) is 1. The molecule has 3 saturated heterocycles. The van der Waals surface area contributed by atoms with E-state index in [0.717, 1.165) is 57.6 Å². The lowest BCUT2D eigenvalue weighted by Gasteiger charge is -2.46. The maximum absolute atomic E-state index is 11.8. The largest absolute Gasteiger partial charge is 0.497 e. The number of carboxylic acids is 1. The van der Waals surface area contributed by atoms with Gasteiger partial charge in [-0.15, -0.1) is 0 Å². The number of rotatable bonds is 4. The van der Waals surface area contributed by atoms with E-state index < -0.39 is 17.4 Å². The van der Waals surface area contributed by atoms with Crippen molar-refractivity contribution in [3.8, 4) is 5.75 Å². The van der Waals surface area contributed by atoms with Crippen LogP contribution in [0.1, 0.15) is 32.1 Å². The number of amides is 1. The second-order valence-corrected chi connectivity index (χ2v) is 8.25. The van der Waals surface area contributed by atoms with Crippen LogP contribution in [-0.2, 0) is 9.59 Å².